The summed E-state index contributed by atoms with van der Waals surface area (Å²) in [6.45, 7) is 5.66. The SMILES string of the molecule is CC(C)CS(=O)(=O)N1CC(C(=O)O)CCC1C. The zero-order valence-corrected chi connectivity index (χ0v) is 11.4. The van der Waals surface area contributed by atoms with Crippen molar-refractivity contribution in [1.29, 1.82) is 0 Å². The number of sulfonamides is 1. The van der Waals surface area contributed by atoms with Gasteiger partial charge >= 0.3 is 5.97 Å². The minimum absolute atomic E-state index is 0.0532. The van der Waals surface area contributed by atoms with Crippen molar-refractivity contribution in [1.82, 2.24) is 4.31 Å². The van der Waals surface area contributed by atoms with Gasteiger partial charge in [-0.1, -0.05) is 13.8 Å². The summed E-state index contributed by atoms with van der Waals surface area (Å²) in [5.41, 5.74) is 0. The van der Waals surface area contributed by atoms with Crippen molar-refractivity contribution in [3.05, 3.63) is 0 Å². The first-order valence-electron chi connectivity index (χ1n) is 5.96. The molecule has 17 heavy (non-hydrogen) atoms. The van der Waals surface area contributed by atoms with E-state index in [0.29, 0.717) is 12.8 Å². The van der Waals surface area contributed by atoms with Crippen LogP contribution in [0.15, 0.2) is 0 Å². The highest BCUT2D eigenvalue weighted by Gasteiger charge is 2.36. The minimum Gasteiger partial charge on any atom is -0.481 e. The Kier molecular flexibility index (Phi) is 4.55. The monoisotopic (exact) mass is 263 g/mol. The van der Waals surface area contributed by atoms with Crippen LogP contribution in [-0.4, -0.2) is 42.1 Å². The van der Waals surface area contributed by atoms with Crippen LogP contribution >= 0.6 is 0 Å². The normalized spacial score (nSPS) is 27.3. The molecule has 1 heterocycles. The van der Waals surface area contributed by atoms with Crippen LogP contribution in [-0.2, 0) is 14.8 Å². The average molecular weight is 263 g/mol. The van der Waals surface area contributed by atoms with Crippen LogP contribution < -0.4 is 0 Å². The van der Waals surface area contributed by atoms with Gasteiger partial charge in [0.2, 0.25) is 10.0 Å². The van der Waals surface area contributed by atoms with Crippen molar-refractivity contribution in [3.63, 3.8) is 0 Å². The molecule has 0 aliphatic carbocycles. The number of aliphatic carboxylic acids is 1. The van der Waals surface area contributed by atoms with Crippen LogP contribution in [0.3, 0.4) is 0 Å². The Morgan fingerprint density at radius 2 is 2.00 bits per heavy atom. The molecule has 0 amide bonds. The van der Waals surface area contributed by atoms with Crippen molar-refractivity contribution < 1.29 is 18.3 Å². The molecule has 1 aliphatic heterocycles. The van der Waals surface area contributed by atoms with Gasteiger partial charge in [-0.3, -0.25) is 4.79 Å². The van der Waals surface area contributed by atoms with Crippen molar-refractivity contribution in [2.75, 3.05) is 12.3 Å². The number of nitrogens with zero attached hydrogens (tertiary/aromatic N) is 1. The van der Waals surface area contributed by atoms with E-state index < -0.39 is 21.9 Å². The zero-order chi connectivity index (χ0) is 13.2. The first-order valence-corrected chi connectivity index (χ1v) is 7.57. The molecule has 1 fully saturated rings. The van der Waals surface area contributed by atoms with E-state index in [1.54, 1.807) is 0 Å². The quantitative estimate of drug-likeness (QED) is 0.826. The van der Waals surface area contributed by atoms with Crippen LogP contribution in [0.5, 0.6) is 0 Å². The molecule has 1 rings (SSSR count). The molecule has 100 valence electrons. The first-order chi connectivity index (χ1) is 7.74. The Hall–Kier alpha value is -0.620. The van der Waals surface area contributed by atoms with Gasteiger partial charge in [0.1, 0.15) is 0 Å². The molecule has 2 atom stereocenters. The van der Waals surface area contributed by atoms with Crippen LogP contribution in [0.1, 0.15) is 33.6 Å². The molecule has 0 spiro atoms. The maximum Gasteiger partial charge on any atom is 0.307 e. The molecule has 0 saturated carbocycles. The highest BCUT2D eigenvalue weighted by molar-refractivity contribution is 7.89. The summed E-state index contributed by atoms with van der Waals surface area (Å²) < 4.78 is 25.6. The second-order valence-corrected chi connectivity index (χ2v) is 7.17. The van der Waals surface area contributed by atoms with Gasteiger partial charge in [-0.2, -0.15) is 4.31 Å². The van der Waals surface area contributed by atoms with E-state index in [1.165, 1.54) is 4.31 Å². The zero-order valence-electron chi connectivity index (χ0n) is 10.6. The summed E-state index contributed by atoms with van der Waals surface area (Å²) in [6.07, 6.45) is 1.18. The second kappa shape index (κ2) is 5.35. The second-order valence-electron chi connectivity index (χ2n) is 5.20. The third-order valence-electron chi connectivity index (χ3n) is 3.08. The maximum atomic E-state index is 12.1. The lowest BCUT2D eigenvalue weighted by Crippen LogP contribution is -2.48. The maximum absolute atomic E-state index is 12.1. The largest absolute Gasteiger partial charge is 0.481 e. The van der Waals surface area contributed by atoms with E-state index in [9.17, 15) is 13.2 Å². The van der Waals surface area contributed by atoms with Crippen molar-refractivity contribution in [2.45, 2.75) is 39.7 Å². The lowest BCUT2D eigenvalue weighted by Gasteiger charge is -2.35. The molecular weight excluding hydrogens is 242 g/mol. The van der Waals surface area contributed by atoms with Crippen molar-refractivity contribution >= 4 is 16.0 Å². The van der Waals surface area contributed by atoms with Crippen molar-refractivity contribution in [2.24, 2.45) is 11.8 Å². The molecule has 5 nitrogen and oxygen atoms in total. The number of hydrogen-bond acceptors (Lipinski definition) is 3. The van der Waals surface area contributed by atoms with E-state index in [-0.39, 0.29) is 24.3 Å². The lowest BCUT2D eigenvalue weighted by molar-refractivity contribution is -0.143. The summed E-state index contributed by atoms with van der Waals surface area (Å²) in [4.78, 5) is 10.9. The van der Waals surface area contributed by atoms with Crippen LogP contribution in [0.2, 0.25) is 0 Å². The fourth-order valence-corrected chi connectivity index (χ4v) is 4.28. The van der Waals surface area contributed by atoms with E-state index in [2.05, 4.69) is 0 Å². The number of carbonyl (C=O) groups is 1. The molecule has 1 saturated heterocycles. The molecule has 1 aliphatic rings. The molecular formula is C11H21NO4S. The van der Waals surface area contributed by atoms with E-state index in [0.717, 1.165) is 0 Å². The smallest absolute Gasteiger partial charge is 0.307 e. The van der Waals surface area contributed by atoms with E-state index in [4.69, 9.17) is 5.11 Å². The van der Waals surface area contributed by atoms with Gasteiger partial charge in [0.05, 0.1) is 11.7 Å². The van der Waals surface area contributed by atoms with Crippen LogP contribution in [0.4, 0.5) is 0 Å². The number of carboxylic acids is 1. The van der Waals surface area contributed by atoms with Gasteiger partial charge in [0, 0.05) is 12.6 Å². The van der Waals surface area contributed by atoms with Gasteiger partial charge in [-0.15, -0.1) is 0 Å². The number of carboxylic acid groups (broad SMARTS) is 1. The molecule has 1 N–H and O–H groups in total. The first kappa shape index (κ1) is 14.4. The molecule has 0 aromatic heterocycles. The third kappa shape index (κ3) is 3.67. The van der Waals surface area contributed by atoms with Gasteiger partial charge < -0.3 is 5.11 Å². The molecule has 0 radical (unpaired) electrons. The number of piperidine rings is 1. The average Bonchev–Trinajstić information content (AvgIpc) is 2.15. The summed E-state index contributed by atoms with van der Waals surface area (Å²) in [5, 5.41) is 8.97. The van der Waals surface area contributed by atoms with Crippen molar-refractivity contribution in [3.8, 4) is 0 Å². The van der Waals surface area contributed by atoms with Gasteiger partial charge in [0.15, 0.2) is 0 Å². The Labute approximate surface area is 103 Å². The predicted molar refractivity (Wildman–Crippen MR) is 65.2 cm³/mol. The predicted octanol–water partition coefficient (Wildman–Crippen LogP) is 1.16. The Morgan fingerprint density at radius 1 is 1.41 bits per heavy atom. The minimum atomic E-state index is -3.33. The van der Waals surface area contributed by atoms with E-state index in [1.807, 2.05) is 20.8 Å². The fourth-order valence-electron chi connectivity index (χ4n) is 2.18. The Balaban J connectivity index is 2.83. The summed E-state index contributed by atoms with van der Waals surface area (Å²) >= 11 is 0. The van der Waals surface area contributed by atoms with Crippen LogP contribution in [0, 0.1) is 11.8 Å². The molecule has 2 unspecified atom stereocenters. The number of rotatable bonds is 4. The van der Waals surface area contributed by atoms with E-state index >= 15 is 0 Å². The summed E-state index contributed by atoms with van der Waals surface area (Å²) in [7, 11) is -3.33. The molecule has 0 aromatic rings. The Bertz CT molecular complexity index is 377. The fraction of sp³-hybridized carbons (Fsp3) is 0.909. The van der Waals surface area contributed by atoms with Gasteiger partial charge in [-0.25, -0.2) is 8.42 Å². The topological polar surface area (TPSA) is 74.7 Å². The highest BCUT2D eigenvalue weighted by Crippen LogP contribution is 2.25. The van der Waals surface area contributed by atoms with Gasteiger partial charge in [-0.05, 0) is 25.7 Å². The number of hydrogen-bond donors (Lipinski definition) is 1. The summed E-state index contributed by atoms with van der Waals surface area (Å²) in [5.74, 6) is -1.32. The van der Waals surface area contributed by atoms with Gasteiger partial charge in [0.25, 0.3) is 0 Å². The van der Waals surface area contributed by atoms with Crippen LogP contribution in [0.25, 0.3) is 0 Å². The third-order valence-corrected chi connectivity index (χ3v) is 5.39. The summed E-state index contributed by atoms with van der Waals surface area (Å²) in [6, 6.07) is -0.0886. The standard InChI is InChI=1S/C11H21NO4S/c1-8(2)7-17(15,16)12-6-10(11(13)14)5-4-9(12)3/h8-10H,4-7H2,1-3H3,(H,13,14). The molecule has 6 heteroatoms. The lowest BCUT2D eigenvalue weighted by atomic mass is 9.96. The molecule has 0 aromatic carbocycles. The highest BCUT2D eigenvalue weighted by atomic mass is 32.2. The Morgan fingerprint density at radius 3 is 2.47 bits per heavy atom. The molecule has 0 bridgehead atoms.